The molecule has 0 atom stereocenters. The number of anilines is 3. The van der Waals surface area contributed by atoms with Crippen LogP contribution >= 0.6 is 11.6 Å². The molecule has 2 aromatic carbocycles. The number of nitriles is 1. The topological polar surface area (TPSA) is 131 Å². The smallest absolute Gasteiger partial charge is 0.301 e. The minimum absolute atomic E-state index is 0.114. The summed E-state index contributed by atoms with van der Waals surface area (Å²) in [4.78, 5) is 19.3. The van der Waals surface area contributed by atoms with Crippen LogP contribution in [0.4, 0.5) is 17.3 Å². The molecule has 0 amide bonds. The quantitative estimate of drug-likeness (QED) is 0.535. The predicted molar refractivity (Wildman–Crippen MR) is 116 cm³/mol. The number of nitrogens with one attached hydrogen (secondary N) is 3. The van der Waals surface area contributed by atoms with Gasteiger partial charge < -0.3 is 5.32 Å². The second kappa shape index (κ2) is 8.54. The van der Waals surface area contributed by atoms with Crippen molar-refractivity contribution in [3.63, 3.8) is 0 Å². The number of H-pyrrole nitrogens is 1. The van der Waals surface area contributed by atoms with Gasteiger partial charge in [-0.25, -0.2) is 4.98 Å². The van der Waals surface area contributed by atoms with Gasteiger partial charge in [0, 0.05) is 30.4 Å². The van der Waals surface area contributed by atoms with E-state index in [0.717, 1.165) is 4.31 Å². The molecule has 30 heavy (non-hydrogen) atoms. The predicted octanol–water partition coefficient (Wildman–Crippen LogP) is 2.92. The summed E-state index contributed by atoms with van der Waals surface area (Å²) in [6.07, 6.45) is 0. The van der Waals surface area contributed by atoms with Crippen LogP contribution in [-0.4, -0.2) is 36.8 Å². The molecule has 0 radical (unpaired) electrons. The maximum atomic E-state index is 12.4. The molecular formula is C19H17ClN6O3S. The van der Waals surface area contributed by atoms with Crippen molar-refractivity contribution in [1.29, 1.82) is 5.26 Å². The number of nitrogens with zero attached hydrogens (tertiary/aromatic N) is 3. The van der Waals surface area contributed by atoms with E-state index in [4.69, 9.17) is 11.6 Å². The molecule has 0 aliphatic heterocycles. The van der Waals surface area contributed by atoms with E-state index in [1.54, 1.807) is 42.5 Å². The Labute approximate surface area is 178 Å². The minimum atomic E-state index is -3.72. The summed E-state index contributed by atoms with van der Waals surface area (Å²) in [5, 5.41) is 12.9. The molecule has 11 heteroatoms. The summed E-state index contributed by atoms with van der Waals surface area (Å²) in [5.41, 5.74) is 0.590. The molecule has 9 nitrogen and oxygen atoms in total. The molecule has 3 aromatic rings. The molecule has 0 bridgehead atoms. The van der Waals surface area contributed by atoms with E-state index in [2.05, 4.69) is 20.0 Å². The number of hydrogen-bond acceptors (Lipinski definition) is 6. The Balaban J connectivity index is 2.03. The van der Waals surface area contributed by atoms with Crippen LogP contribution in [0.15, 0.2) is 53.3 Å². The molecule has 0 unspecified atom stereocenters. The first-order valence-corrected chi connectivity index (χ1v) is 10.4. The van der Waals surface area contributed by atoms with E-state index in [9.17, 15) is 18.5 Å². The standard InChI is InChI=1S/C19H17ClN6O3S/c1-26(2)30(28,29)25-15-5-3-4-12(10-15)17-16(11-21)18(27)24-19(23-17)22-14-8-6-13(20)7-9-14/h3-10,25H,1-2H3,(H2,22,23,24,27). The number of aromatic nitrogens is 2. The average Bonchev–Trinajstić information content (AvgIpc) is 2.69. The zero-order chi connectivity index (χ0) is 21.9. The van der Waals surface area contributed by atoms with Gasteiger partial charge >= 0.3 is 10.2 Å². The maximum absolute atomic E-state index is 12.4. The molecule has 1 aromatic heterocycles. The third kappa shape index (κ3) is 4.77. The molecule has 1 heterocycles. The van der Waals surface area contributed by atoms with Gasteiger partial charge in [0.05, 0.1) is 11.4 Å². The summed E-state index contributed by atoms with van der Waals surface area (Å²) in [7, 11) is -0.928. The van der Waals surface area contributed by atoms with Crippen molar-refractivity contribution in [3.05, 3.63) is 69.5 Å². The van der Waals surface area contributed by atoms with E-state index in [1.807, 2.05) is 6.07 Å². The van der Waals surface area contributed by atoms with Gasteiger partial charge in [-0.2, -0.15) is 18.0 Å². The Morgan fingerprint density at radius 1 is 1.13 bits per heavy atom. The first-order chi connectivity index (χ1) is 14.2. The molecule has 0 saturated heterocycles. The lowest BCUT2D eigenvalue weighted by Crippen LogP contribution is -2.28. The Kier molecular flexibility index (Phi) is 6.07. The first kappa shape index (κ1) is 21.3. The molecule has 0 aliphatic rings. The summed E-state index contributed by atoms with van der Waals surface area (Å²) >= 11 is 5.88. The Morgan fingerprint density at radius 2 is 1.83 bits per heavy atom. The summed E-state index contributed by atoms with van der Waals surface area (Å²) in [6.45, 7) is 0. The van der Waals surface area contributed by atoms with Gasteiger partial charge in [-0.05, 0) is 36.4 Å². The van der Waals surface area contributed by atoms with Crippen molar-refractivity contribution in [2.45, 2.75) is 0 Å². The number of halogens is 1. The normalized spacial score (nSPS) is 11.2. The van der Waals surface area contributed by atoms with E-state index < -0.39 is 15.8 Å². The highest BCUT2D eigenvalue weighted by Crippen LogP contribution is 2.25. The average molecular weight is 445 g/mol. The van der Waals surface area contributed by atoms with E-state index in [0.29, 0.717) is 16.3 Å². The fourth-order valence-corrected chi connectivity index (χ4v) is 3.22. The molecule has 3 N–H and O–H groups in total. The second-order valence-electron chi connectivity index (χ2n) is 6.35. The zero-order valence-corrected chi connectivity index (χ0v) is 17.5. The van der Waals surface area contributed by atoms with Gasteiger partial charge in [0.25, 0.3) is 5.56 Å². The van der Waals surface area contributed by atoms with E-state index in [-0.39, 0.29) is 22.9 Å². The van der Waals surface area contributed by atoms with Gasteiger partial charge in [-0.15, -0.1) is 0 Å². The Hall–Kier alpha value is -3.39. The van der Waals surface area contributed by atoms with Crippen LogP contribution in [0.5, 0.6) is 0 Å². The highest BCUT2D eigenvalue weighted by Gasteiger charge is 2.16. The molecule has 0 aliphatic carbocycles. The third-order valence-corrected chi connectivity index (χ3v) is 5.71. The van der Waals surface area contributed by atoms with Crippen molar-refractivity contribution in [3.8, 4) is 17.3 Å². The minimum Gasteiger partial charge on any atom is -0.326 e. The number of benzene rings is 2. The van der Waals surface area contributed by atoms with Crippen LogP contribution in [0.1, 0.15) is 5.56 Å². The fraction of sp³-hybridized carbons (Fsp3) is 0.105. The van der Waals surface area contributed by atoms with Crippen molar-refractivity contribution in [1.82, 2.24) is 14.3 Å². The lowest BCUT2D eigenvalue weighted by molar-refractivity contribution is 0.527. The summed E-state index contributed by atoms with van der Waals surface area (Å²) in [6, 6.07) is 14.9. The highest BCUT2D eigenvalue weighted by molar-refractivity contribution is 7.90. The second-order valence-corrected chi connectivity index (χ2v) is 8.67. The summed E-state index contributed by atoms with van der Waals surface area (Å²) in [5.74, 6) is 0.121. The van der Waals surface area contributed by atoms with Gasteiger partial charge in [0.15, 0.2) is 0 Å². The van der Waals surface area contributed by atoms with Crippen molar-refractivity contribution in [2.75, 3.05) is 24.1 Å². The Bertz CT molecular complexity index is 1280. The van der Waals surface area contributed by atoms with Gasteiger partial charge in [-0.3, -0.25) is 14.5 Å². The number of hydrogen-bond donors (Lipinski definition) is 3. The fourth-order valence-electron chi connectivity index (χ4n) is 2.49. The third-order valence-electron chi connectivity index (χ3n) is 4.00. The number of rotatable bonds is 6. The number of aromatic amines is 1. The van der Waals surface area contributed by atoms with Crippen LogP contribution < -0.4 is 15.6 Å². The van der Waals surface area contributed by atoms with Crippen molar-refractivity contribution < 1.29 is 8.42 Å². The molecule has 3 rings (SSSR count). The van der Waals surface area contributed by atoms with Gasteiger partial charge in [-0.1, -0.05) is 23.7 Å². The molecule has 0 spiro atoms. The van der Waals surface area contributed by atoms with Crippen molar-refractivity contribution in [2.24, 2.45) is 0 Å². The highest BCUT2D eigenvalue weighted by atomic mass is 35.5. The summed E-state index contributed by atoms with van der Waals surface area (Å²) < 4.78 is 27.6. The van der Waals surface area contributed by atoms with Crippen LogP contribution in [0, 0.1) is 11.3 Å². The van der Waals surface area contributed by atoms with Crippen LogP contribution in [-0.2, 0) is 10.2 Å². The van der Waals surface area contributed by atoms with Gasteiger partial charge in [0.1, 0.15) is 11.6 Å². The van der Waals surface area contributed by atoms with Crippen LogP contribution in [0.25, 0.3) is 11.3 Å². The van der Waals surface area contributed by atoms with Crippen LogP contribution in [0.3, 0.4) is 0 Å². The van der Waals surface area contributed by atoms with Gasteiger partial charge in [0.2, 0.25) is 5.95 Å². The zero-order valence-electron chi connectivity index (χ0n) is 16.0. The van der Waals surface area contributed by atoms with E-state index in [1.165, 1.54) is 20.2 Å². The molecular weight excluding hydrogens is 428 g/mol. The first-order valence-electron chi connectivity index (χ1n) is 8.57. The van der Waals surface area contributed by atoms with Crippen molar-refractivity contribution >= 4 is 39.1 Å². The lowest BCUT2D eigenvalue weighted by atomic mass is 10.1. The van der Waals surface area contributed by atoms with Crippen LogP contribution in [0.2, 0.25) is 5.02 Å². The molecule has 0 fully saturated rings. The molecule has 0 saturated carbocycles. The molecule has 154 valence electrons. The maximum Gasteiger partial charge on any atom is 0.301 e. The largest absolute Gasteiger partial charge is 0.326 e. The Morgan fingerprint density at radius 3 is 2.47 bits per heavy atom. The monoisotopic (exact) mass is 444 g/mol. The lowest BCUT2D eigenvalue weighted by Gasteiger charge is -2.14. The SMILES string of the molecule is CN(C)S(=O)(=O)Nc1cccc(-c2nc(Nc3ccc(Cl)cc3)[nH]c(=O)c2C#N)c1. The van der Waals surface area contributed by atoms with E-state index >= 15 is 0 Å².